The summed E-state index contributed by atoms with van der Waals surface area (Å²) in [5, 5.41) is 15.9. The molecule has 0 aliphatic heterocycles. The summed E-state index contributed by atoms with van der Waals surface area (Å²) in [6, 6.07) is 14.0. The number of pyridine rings is 1. The van der Waals surface area contributed by atoms with Gasteiger partial charge in [0.25, 0.3) is 0 Å². The number of aromatic nitrogens is 3. The van der Waals surface area contributed by atoms with Crippen LogP contribution >= 0.6 is 11.6 Å². The Morgan fingerprint density at radius 1 is 1.14 bits per heavy atom. The van der Waals surface area contributed by atoms with Crippen molar-refractivity contribution in [3.63, 3.8) is 0 Å². The largest absolute Gasteiger partial charge is 0.357 e. The van der Waals surface area contributed by atoms with Gasteiger partial charge in [0.15, 0.2) is 17.4 Å². The molecule has 0 radical (unpaired) electrons. The van der Waals surface area contributed by atoms with Crippen molar-refractivity contribution in [3.05, 3.63) is 65.1 Å². The molecule has 3 rings (SSSR count). The topological polar surface area (TPSA) is 69.8 Å². The maximum atomic E-state index is 6.02. The summed E-state index contributed by atoms with van der Waals surface area (Å²) >= 11 is 6.02. The number of hydrogen-bond donors (Lipinski definition) is 2. The molecular formula is C20H26ClN7. The van der Waals surface area contributed by atoms with Crippen molar-refractivity contribution >= 4 is 23.2 Å². The molecule has 0 spiro atoms. The molecule has 28 heavy (non-hydrogen) atoms. The molecule has 7 nitrogen and oxygen atoms in total. The van der Waals surface area contributed by atoms with Crippen LogP contribution < -0.4 is 10.6 Å². The van der Waals surface area contributed by atoms with Crippen molar-refractivity contribution in [2.45, 2.75) is 19.5 Å². The van der Waals surface area contributed by atoms with E-state index in [1.54, 1.807) is 0 Å². The second kappa shape index (κ2) is 9.52. The van der Waals surface area contributed by atoms with Crippen LogP contribution in [0.3, 0.4) is 0 Å². The van der Waals surface area contributed by atoms with Gasteiger partial charge in [0.05, 0.1) is 6.04 Å². The molecule has 2 aromatic heterocycles. The van der Waals surface area contributed by atoms with Gasteiger partial charge in [0.2, 0.25) is 0 Å². The van der Waals surface area contributed by atoms with Crippen LogP contribution in [-0.4, -0.2) is 52.6 Å². The van der Waals surface area contributed by atoms with Gasteiger partial charge in [-0.2, -0.15) is 0 Å². The number of guanidine groups is 1. The maximum absolute atomic E-state index is 6.02. The van der Waals surface area contributed by atoms with Crippen LogP contribution in [0, 0.1) is 0 Å². The standard InChI is InChI=1S/C20H26ClN7/c1-4-22-20(24-14-19-26-25-18-7-5-6-12-28(18)19)23-13-17(27(2)3)15-8-10-16(21)11-9-15/h5-12,17H,4,13-14H2,1-3H3,(H2,22,23,24). The van der Waals surface area contributed by atoms with Crippen molar-refractivity contribution in [2.24, 2.45) is 4.99 Å². The van der Waals surface area contributed by atoms with Gasteiger partial charge in [-0.3, -0.25) is 4.40 Å². The third-order valence-corrected chi connectivity index (χ3v) is 4.70. The van der Waals surface area contributed by atoms with E-state index in [4.69, 9.17) is 11.6 Å². The van der Waals surface area contributed by atoms with Crippen molar-refractivity contribution in [3.8, 4) is 0 Å². The predicted octanol–water partition coefficient (Wildman–Crippen LogP) is 2.74. The van der Waals surface area contributed by atoms with Crippen LogP contribution in [0.2, 0.25) is 5.02 Å². The van der Waals surface area contributed by atoms with Crippen molar-refractivity contribution < 1.29 is 0 Å². The van der Waals surface area contributed by atoms with E-state index >= 15 is 0 Å². The van der Waals surface area contributed by atoms with Gasteiger partial charge >= 0.3 is 0 Å². The Bertz CT molecular complexity index is 918. The molecule has 0 saturated carbocycles. The Morgan fingerprint density at radius 3 is 2.64 bits per heavy atom. The fourth-order valence-electron chi connectivity index (χ4n) is 2.97. The SMILES string of the molecule is CCNC(=NCc1nnc2ccccn12)NCC(c1ccc(Cl)cc1)N(C)C. The van der Waals surface area contributed by atoms with Crippen LogP contribution in [0.25, 0.3) is 5.65 Å². The summed E-state index contributed by atoms with van der Waals surface area (Å²) in [5.41, 5.74) is 2.02. The molecule has 3 aromatic rings. The highest BCUT2D eigenvalue weighted by Gasteiger charge is 2.15. The van der Waals surface area contributed by atoms with Crippen LogP contribution in [0.4, 0.5) is 0 Å². The lowest BCUT2D eigenvalue weighted by Crippen LogP contribution is -2.41. The van der Waals surface area contributed by atoms with Crippen LogP contribution in [0.15, 0.2) is 53.7 Å². The number of halogens is 1. The van der Waals surface area contributed by atoms with Gasteiger partial charge in [0.1, 0.15) is 6.54 Å². The van der Waals surface area contributed by atoms with Gasteiger partial charge in [-0.15, -0.1) is 10.2 Å². The summed E-state index contributed by atoms with van der Waals surface area (Å²) in [7, 11) is 4.13. The molecule has 2 N–H and O–H groups in total. The highest BCUT2D eigenvalue weighted by Crippen LogP contribution is 2.19. The Labute approximate surface area is 170 Å². The van der Waals surface area contributed by atoms with E-state index in [1.807, 2.05) is 47.9 Å². The van der Waals surface area contributed by atoms with Gasteiger partial charge in [-0.05, 0) is 50.8 Å². The average molecular weight is 400 g/mol. The molecular weight excluding hydrogens is 374 g/mol. The first-order valence-corrected chi connectivity index (χ1v) is 9.69. The number of rotatable bonds is 7. The monoisotopic (exact) mass is 399 g/mol. The summed E-state index contributed by atoms with van der Waals surface area (Å²) in [6.07, 6.45) is 1.95. The fourth-order valence-corrected chi connectivity index (χ4v) is 3.09. The number of likely N-dealkylation sites (N-methyl/N-ethyl adjacent to an activating group) is 1. The number of benzene rings is 1. The van der Waals surface area contributed by atoms with Crippen molar-refractivity contribution in [1.29, 1.82) is 0 Å². The number of fused-ring (bicyclic) bond motifs is 1. The van der Waals surface area contributed by atoms with Crippen LogP contribution in [-0.2, 0) is 6.54 Å². The molecule has 8 heteroatoms. The zero-order chi connectivity index (χ0) is 19.9. The summed E-state index contributed by atoms with van der Waals surface area (Å²) < 4.78 is 1.95. The summed E-state index contributed by atoms with van der Waals surface area (Å²) in [6.45, 7) is 3.97. The van der Waals surface area contributed by atoms with E-state index in [0.29, 0.717) is 13.1 Å². The van der Waals surface area contributed by atoms with Crippen LogP contribution in [0.1, 0.15) is 24.4 Å². The molecule has 1 aromatic carbocycles. The number of aliphatic imine (C=N–C) groups is 1. The zero-order valence-corrected chi connectivity index (χ0v) is 17.2. The molecule has 0 aliphatic rings. The molecule has 1 unspecified atom stereocenters. The van der Waals surface area contributed by atoms with Gasteiger partial charge < -0.3 is 15.5 Å². The first kappa shape index (κ1) is 20.1. The first-order chi connectivity index (χ1) is 13.6. The first-order valence-electron chi connectivity index (χ1n) is 9.31. The van der Waals surface area contributed by atoms with Gasteiger partial charge in [-0.25, -0.2) is 4.99 Å². The van der Waals surface area contributed by atoms with E-state index in [0.717, 1.165) is 29.0 Å². The lowest BCUT2D eigenvalue weighted by Gasteiger charge is -2.26. The Kier molecular flexibility index (Phi) is 6.84. The normalized spacial score (nSPS) is 13.1. The third kappa shape index (κ3) is 4.99. The molecule has 0 fully saturated rings. The molecule has 0 aliphatic carbocycles. The second-order valence-corrected chi connectivity index (χ2v) is 7.09. The van der Waals surface area contributed by atoms with Crippen molar-refractivity contribution in [2.75, 3.05) is 27.2 Å². The smallest absolute Gasteiger partial charge is 0.191 e. The predicted molar refractivity (Wildman–Crippen MR) is 114 cm³/mol. The minimum Gasteiger partial charge on any atom is -0.357 e. The zero-order valence-electron chi connectivity index (χ0n) is 16.4. The summed E-state index contributed by atoms with van der Waals surface area (Å²) in [4.78, 5) is 6.85. The molecule has 1 atom stereocenters. The number of hydrogen-bond acceptors (Lipinski definition) is 4. The van der Waals surface area contributed by atoms with E-state index in [9.17, 15) is 0 Å². The van der Waals surface area contributed by atoms with E-state index < -0.39 is 0 Å². The summed E-state index contributed by atoms with van der Waals surface area (Å²) in [5.74, 6) is 1.55. The quantitative estimate of drug-likeness (QED) is 0.472. The minimum absolute atomic E-state index is 0.190. The third-order valence-electron chi connectivity index (χ3n) is 4.45. The van der Waals surface area contributed by atoms with E-state index in [2.05, 4.69) is 57.0 Å². The Morgan fingerprint density at radius 2 is 1.93 bits per heavy atom. The minimum atomic E-state index is 0.190. The highest BCUT2D eigenvalue weighted by molar-refractivity contribution is 6.30. The molecule has 148 valence electrons. The fraction of sp³-hybridized carbons (Fsp3) is 0.350. The Hall–Kier alpha value is -2.64. The second-order valence-electron chi connectivity index (χ2n) is 6.65. The van der Waals surface area contributed by atoms with Gasteiger partial charge in [-0.1, -0.05) is 29.8 Å². The van der Waals surface area contributed by atoms with Crippen molar-refractivity contribution in [1.82, 2.24) is 30.1 Å². The average Bonchev–Trinajstić information content (AvgIpc) is 3.10. The molecule has 0 amide bonds. The van der Waals surface area contributed by atoms with Crippen LogP contribution in [0.5, 0.6) is 0 Å². The molecule has 2 heterocycles. The van der Waals surface area contributed by atoms with E-state index in [1.165, 1.54) is 5.56 Å². The van der Waals surface area contributed by atoms with Gasteiger partial charge in [0, 0.05) is 24.3 Å². The number of nitrogens with zero attached hydrogens (tertiary/aromatic N) is 5. The highest BCUT2D eigenvalue weighted by atomic mass is 35.5. The lowest BCUT2D eigenvalue weighted by atomic mass is 10.1. The molecule has 0 saturated heterocycles. The lowest BCUT2D eigenvalue weighted by molar-refractivity contribution is 0.298. The Balaban J connectivity index is 1.70. The maximum Gasteiger partial charge on any atom is 0.191 e. The van der Waals surface area contributed by atoms with E-state index in [-0.39, 0.29) is 6.04 Å². The number of nitrogens with one attached hydrogen (secondary N) is 2. The molecule has 0 bridgehead atoms.